The van der Waals surface area contributed by atoms with Gasteiger partial charge in [0.1, 0.15) is 18.0 Å². The van der Waals surface area contributed by atoms with Gasteiger partial charge in [0.25, 0.3) is 0 Å². The maximum atomic E-state index is 12.5. The molecule has 3 rings (SSSR count). The van der Waals surface area contributed by atoms with Crippen LogP contribution in [0, 0.1) is 22.7 Å². The molecule has 0 aromatic carbocycles. The molecule has 8 heteroatoms. The monoisotopic (exact) mass is 432 g/mol. The van der Waals surface area contributed by atoms with Crippen LogP contribution in [0.2, 0.25) is 0 Å². The smallest absolute Gasteiger partial charge is 0.225 e. The molecule has 0 saturated carbocycles. The van der Waals surface area contributed by atoms with Crippen LogP contribution in [0.15, 0.2) is 24.5 Å². The van der Waals surface area contributed by atoms with E-state index in [4.69, 9.17) is 9.72 Å². The first kappa shape index (κ1) is 23.2. The van der Waals surface area contributed by atoms with E-state index >= 15 is 0 Å². The summed E-state index contributed by atoms with van der Waals surface area (Å²) in [5.74, 6) is 0.793. The topological polar surface area (TPSA) is 106 Å². The molecule has 3 heterocycles. The fraction of sp³-hybridized carbons (Fsp3) is 0.458. The number of aromatic nitrogens is 2. The molecule has 0 N–H and O–H groups in total. The largest absolute Gasteiger partial charge is 0.384 e. The molecule has 1 unspecified atom stereocenters. The van der Waals surface area contributed by atoms with Gasteiger partial charge in [-0.05, 0) is 25.0 Å². The van der Waals surface area contributed by atoms with Gasteiger partial charge < -0.3 is 14.5 Å². The first-order valence-electron chi connectivity index (χ1n) is 10.7. The van der Waals surface area contributed by atoms with E-state index in [0.29, 0.717) is 49.6 Å². The van der Waals surface area contributed by atoms with Crippen LogP contribution in [0.1, 0.15) is 49.9 Å². The third kappa shape index (κ3) is 4.71. The van der Waals surface area contributed by atoms with Crippen molar-refractivity contribution in [1.82, 2.24) is 14.9 Å². The van der Waals surface area contributed by atoms with Gasteiger partial charge in [0.05, 0.1) is 29.8 Å². The zero-order valence-electron chi connectivity index (χ0n) is 19.0. The summed E-state index contributed by atoms with van der Waals surface area (Å²) in [4.78, 5) is 25.4. The molecule has 0 spiro atoms. The number of hydrogen-bond acceptors (Lipinski definition) is 7. The van der Waals surface area contributed by atoms with E-state index in [1.54, 1.807) is 19.4 Å². The number of amides is 1. The minimum atomic E-state index is -0.00554. The minimum Gasteiger partial charge on any atom is -0.384 e. The van der Waals surface area contributed by atoms with Gasteiger partial charge in [0.15, 0.2) is 0 Å². The molecule has 0 radical (unpaired) electrons. The Bertz CT molecular complexity index is 1070. The molecule has 32 heavy (non-hydrogen) atoms. The van der Waals surface area contributed by atoms with Crippen LogP contribution in [-0.4, -0.2) is 60.2 Å². The van der Waals surface area contributed by atoms with Crippen molar-refractivity contribution >= 4 is 11.7 Å². The summed E-state index contributed by atoms with van der Waals surface area (Å²) >= 11 is 0. The average molecular weight is 433 g/mol. The zero-order valence-corrected chi connectivity index (χ0v) is 19.0. The molecule has 1 aliphatic rings. The Labute approximate surface area is 189 Å². The van der Waals surface area contributed by atoms with E-state index in [2.05, 4.69) is 22.0 Å². The van der Waals surface area contributed by atoms with Crippen molar-refractivity contribution in [2.75, 3.05) is 38.3 Å². The van der Waals surface area contributed by atoms with E-state index in [-0.39, 0.29) is 17.9 Å². The van der Waals surface area contributed by atoms with Crippen LogP contribution < -0.4 is 4.90 Å². The summed E-state index contributed by atoms with van der Waals surface area (Å²) in [6.45, 7) is 8.27. The number of rotatable bonds is 6. The standard InChI is InChI=1S/C24H28N6O2/c1-16(2)23-21(20-5-7-27-14-19(20)13-26)11-18(12-25)24(28-23)29-8-9-30(17(3)15-29)22(31)6-10-32-4/h5,7,11,14,16-17H,6,8-10,15H2,1-4H3. The molecule has 166 valence electrons. The molecule has 8 nitrogen and oxygen atoms in total. The predicted octanol–water partition coefficient (Wildman–Crippen LogP) is 3.08. The molecular formula is C24H28N6O2. The highest BCUT2D eigenvalue weighted by molar-refractivity contribution is 5.78. The van der Waals surface area contributed by atoms with Crippen LogP contribution in [0.4, 0.5) is 5.82 Å². The van der Waals surface area contributed by atoms with Gasteiger partial charge in [0.2, 0.25) is 5.91 Å². The first-order valence-corrected chi connectivity index (χ1v) is 10.7. The Morgan fingerprint density at radius 2 is 2.00 bits per heavy atom. The molecule has 1 aliphatic heterocycles. The number of carbonyl (C=O) groups is 1. The highest BCUT2D eigenvalue weighted by Crippen LogP contribution is 2.34. The molecule has 0 aliphatic carbocycles. The summed E-state index contributed by atoms with van der Waals surface area (Å²) < 4.78 is 5.03. The Hall–Kier alpha value is -3.49. The third-order valence-corrected chi connectivity index (χ3v) is 5.70. The Morgan fingerprint density at radius 3 is 2.62 bits per heavy atom. The van der Waals surface area contributed by atoms with E-state index in [1.807, 2.05) is 31.7 Å². The molecular weight excluding hydrogens is 404 g/mol. The highest BCUT2D eigenvalue weighted by atomic mass is 16.5. The van der Waals surface area contributed by atoms with Crippen molar-refractivity contribution in [2.24, 2.45) is 0 Å². The van der Waals surface area contributed by atoms with Crippen molar-refractivity contribution in [1.29, 1.82) is 10.5 Å². The Morgan fingerprint density at radius 1 is 1.25 bits per heavy atom. The molecule has 0 bridgehead atoms. The molecule has 1 atom stereocenters. The first-order chi connectivity index (χ1) is 15.4. The van der Waals surface area contributed by atoms with Crippen molar-refractivity contribution < 1.29 is 9.53 Å². The lowest BCUT2D eigenvalue weighted by molar-refractivity contribution is -0.134. The lowest BCUT2D eigenvalue weighted by Gasteiger charge is -2.41. The van der Waals surface area contributed by atoms with E-state index in [1.165, 1.54) is 6.20 Å². The van der Waals surface area contributed by atoms with Crippen molar-refractivity contribution in [2.45, 2.75) is 39.2 Å². The van der Waals surface area contributed by atoms with Crippen molar-refractivity contribution in [3.63, 3.8) is 0 Å². The Balaban J connectivity index is 1.97. The minimum absolute atomic E-state index is 0.00554. The van der Waals surface area contributed by atoms with Gasteiger partial charge in [-0.15, -0.1) is 0 Å². The average Bonchev–Trinajstić information content (AvgIpc) is 2.81. The maximum absolute atomic E-state index is 12.5. The van der Waals surface area contributed by atoms with E-state index in [9.17, 15) is 15.3 Å². The van der Waals surface area contributed by atoms with Gasteiger partial charge in [-0.3, -0.25) is 9.78 Å². The number of piperazine rings is 1. The molecule has 1 amide bonds. The van der Waals surface area contributed by atoms with Crippen LogP contribution in [0.3, 0.4) is 0 Å². The number of anilines is 1. The normalized spacial score (nSPS) is 16.0. The lowest BCUT2D eigenvalue weighted by Crippen LogP contribution is -2.54. The van der Waals surface area contributed by atoms with Gasteiger partial charge >= 0.3 is 0 Å². The number of hydrogen-bond donors (Lipinski definition) is 0. The molecule has 1 fully saturated rings. The summed E-state index contributed by atoms with van der Waals surface area (Å²) in [5, 5.41) is 19.4. The zero-order chi connectivity index (χ0) is 23.3. The fourth-order valence-corrected chi connectivity index (χ4v) is 4.07. The van der Waals surface area contributed by atoms with Crippen LogP contribution in [0.25, 0.3) is 11.1 Å². The van der Waals surface area contributed by atoms with Crippen molar-refractivity contribution in [3.8, 4) is 23.3 Å². The van der Waals surface area contributed by atoms with Crippen LogP contribution in [0.5, 0.6) is 0 Å². The predicted molar refractivity (Wildman–Crippen MR) is 121 cm³/mol. The second-order valence-corrected chi connectivity index (χ2v) is 8.22. The fourth-order valence-electron chi connectivity index (χ4n) is 4.07. The van der Waals surface area contributed by atoms with Gasteiger partial charge in [-0.1, -0.05) is 13.8 Å². The summed E-state index contributed by atoms with van der Waals surface area (Å²) in [6.07, 6.45) is 3.53. The number of pyridine rings is 2. The lowest BCUT2D eigenvalue weighted by atomic mass is 9.94. The van der Waals surface area contributed by atoms with E-state index < -0.39 is 0 Å². The number of carbonyl (C=O) groups excluding carboxylic acids is 1. The number of ether oxygens (including phenoxy) is 1. The molecule has 1 saturated heterocycles. The number of nitriles is 2. The number of methoxy groups -OCH3 is 1. The Kier molecular flexibility index (Phi) is 7.40. The van der Waals surface area contributed by atoms with Gasteiger partial charge in [0, 0.05) is 56.3 Å². The van der Waals surface area contributed by atoms with Crippen molar-refractivity contribution in [3.05, 3.63) is 41.3 Å². The molecule has 2 aromatic heterocycles. The quantitative estimate of drug-likeness (QED) is 0.690. The van der Waals surface area contributed by atoms with Crippen LogP contribution in [-0.2, 0) is 9.53 Å². The van der Waals surface area contributed by atoms with Gasteiger partial charge in [-0.2, -0.15) is 10.5 Å². The van der Waals surface area contributed by atoms with Crippen LogP contribution >= 0.6 is 0 Å². The third-order valence-electron chi connectivity index (χ3n) is 5.70. The second-order valence-electron chi connectivity index (χ2n) is 8.22. The highest BCUT2D eigenvalue weighted by Gasteiger charge is 2.30. The summed E-state index contributed by atoms with van der Waals surface area (Å²) in [6, 6.07) is 8.07. The second kappa shape index (κ2) is 10.2. The molecule has 2 aromatic rings. The SMILES string of the molecule is COCCC(=O)N1CCN(c2nc(C(C)C)c(-c3ccncc3C#N)cc2C#N)CC1C. The number of nitrogens with zero attached hydrogens (tertiary/aromatic N) is 6. The summed E-state index contributed by atoms with van der Waals surface area (Å²) in [7, 11) is 1.59. The summed E-state index contributed by atoms with van der Waals surface area (Å²) in [5.41, 5.74) is 3.23. The maximum Gasteiger partial charge on any atom is 0.225 e. The van der Waals surface area contributed by atoms with E-state index in [0.717, 1.165) is 16.8 Å². The van der Waals surface area contributed by atoms with Gasteiger partial charge in [-0.25, -0.2) is 4.98 Å².